The summed E-state index contributed by atoms with van der Waals surface area (Å²) in [5, 5.41) is 0. The number of hydrogen-bond donors (Lipinski definition) is 0. The highest BCUT2D eigenvalue weighted by Crippen LogP contribution is 2.07. The van der Waals surface area contributed by atoms with Gasteiger partial charge in [-0.1, -0.05) is 0 Å². The topological polar surface area (TPSA) is 65.5 Å². The molecule has 0 unspecified atom stereocenters. The number of halogens is 1. The molecular formula is C11H12FNO4. The summed E-state index contributed by atoms with van der Waals surface area (Å²) in [4.78, 5) is 26.6. The molecule has 0 saturated carbocycles. The van der Waals surface area contributed by atoms with E-state index in [0.717, 1.165) is 12.3 Å². The summed E-state index contributed by atoms with van der Waals surface area (Å²) >= 11 is 0. The summed E-state index contributed by atoms with van der Waals surface area (Å²) in [5.74, 6) is -1.68. The van der Waals surface area contributed by atoms with E-state index in [9.17, 15) is 14.0 Å². The van der Waals surface area contributed by atoms with Gasteiger partial charge in [-0.15, -0.1) is 0 Å². The molecule has 92 valence electrons. The molecule has 0 fully saturated rings. The zero-order valence-corrected chi connectivity index (χ0v) is 9.47. The van der Waals surface area contributed by atoms with Crippen molar-refractivity contribution in [3.05, 3.63) is 29.8 Å². The number of carbonyl (C=O) groups is 2. The van der Waals surface area contributed by atoms with Gasteiger partial charge in [0, 0.05) is 26.0 Å². The highest BCUT2D eigenvalue weighted by atomic mass is 19.1. The number of ketones is 2. The first-order valence-electron chi connectivity index (χ1n) is 4.80. The highest BCUT2D eigenvalue weighted by molar-refractivity contribution is 6.08. The minimum atomic E-state index is -1.08. The van der Waals surface area contributed by atoms with Gasteiger partial charge in [0.25, 0.3) is 0 Å². The maximum Gasteiger partial charge on any atom is 0.217 e. The molecule has 0 saturated heterocycles. The Kier molecular flexibility index (Phi) is 4.86. The van der Waals surface area contributed by atoms with Crippen LogP contribution in [0, 0.1) is 5.82 Å². The van der Waals surface area contributed by atoms with Crippen molar-refractivity contribution in [3.63, 3.8) is 0 Å². The lowest BCUT2D eigenvalue weighted by Crippen LogP contribution is -2.27. The van der Waals surface area contributed by atoms with Crippen molar-refractivity contribution < 1.29 is 23.5 Å². The SMILES string of the molecule is COC(OC)C(=O)CC(=O)c1cncc(F)c1. The number of hydrogen-bond acceptors (Lipinski definition) is 5. The van der Waals surface area contributed by atoms with Gasteiger partial charge in [-0.2, -0.15) is 0 Å². The molecule has 0 N–H and O–H groups in total. The van der Waals surface area contributed by atoms with Crippen LogP contribution in [0.4, 0.5) is 4.39 Å². The van der Waals surface area contributed by atoms with Crippen molar-refractivity contribution in [1.29, 1.82) is 0 Å². The fourth-order valence-corrected chi connectivity index (χ4v) is 1.27. The molecule has 0 amide bonds. The molecule has 17 heavy (non-hydrogen) atoms. The summed E-state index contributed by atoms with van der Waals surface area (Å²) < 4.78 is 22.2. The molecule has 1 aromatic rings. The van der Waals surface area contributed by atoms with Crippen LogP contribution in [0.5, 0.6) is 0 Å². The van der Waals surface area contributed by atoms with Crippen LogP contribution in [-0.4, -0.2) is 37.1 Å². The Morgan fingerprint density at radius 1 is 1.35 bits per heavy atom. The van der Waals surface area contributed by atoms with Gasteiger partial charge in [-0.05, 0) is 6.07 Å². The third-order valence-electron chi connectivity index (χ3n) is 2.05. The minimum absolute atomic E-state index is 0.0457. The molecule has 0 atom stereocenters. The van der Waals surface area contributed by atoms with Gasteiger partial charge in [-0.3, -0.25) is 14.6 Å². The van der Waals surface area contributed by atoms with Crippen molar-refractivity contribution >= 4 is 11.6 Å². The van der Waals surface area contributed by atoms with Gasteiger partial charge in [0.1, 0.15) is 5.82 Å². The van der Waals surface area contributed by atoms with Crippen LogP contribution in [0.3, 0.4) is 0 Å². The van der Waals surface area contributed by atoms with Crippen molar-refractivity contribution in [2.24, 2.45) is 0 Å². The number of rotatable bonds is 6. The lowest BCUT2D eigenvalue weighted by Gasteiger charge is -2.10. The van der Waals surface area contributed by atoms with Crippen LogP contribution in [0.15, 0.2) is 18.5 Å². The van der Waals surface area contributed by atoms with Crippen LogP contribution < -0.4 is 0 Å². The van der Waals surface area contributed by atoms with E-state index >= 15 is 0 Å². The van der Waals surface area contributed by atoms with E-state index in [1.165, 1.54) is 20.4 Å². The predicted molar refractivity (Wildman–Crippen MR) is 56.0 cm³/mol. The molecule has 1 rings (SSSR count). The lowest BCUT2D eigenvalue weighted by atomic mass is 10.1. The maximum absolute atomic E-state index is 12.8. The largest absolute Gasteiger partial charge is 0.349 e. The van der Waals surface area contributed by atoms with Crippen molar-refractivity contribution in [3.8, 4) is 0 Å². The molecular weight excluding hydrogens is 229 g/mol. The van der Waals surface area contributed by atoms with Gasteiger partial charge in [0.15, 0.2) is 11.6 Å². The van der Waals surface area contributed by atoms with Crippen molar-refractivity contribution in [1.82, 2.24) is 4.98 Å². The summed E-state index contributed by atoms with van der Waals surface area (Å²) in [7, 11) is 2.58. The Balaban J connectivity index is 2.70. The Hall–Kier alpha value is -1.66. The Labute approximate surface area is 97.6 Å². The first-order chi connectivity index (χ1) is 8.08. The predicted octanol–water partition coefficient (Wildman–Crippen LogP) is 0.981. The summed E-state index contributed by atoms with van der Waals surface area (Å²) in [6.07, 6.45) is 0.678. The average Bonchev–Trinajstić information content (AvgIpc) is 2.30. The number of pyridine rings is 1. The van der Waals surface area contributed by atoms with E-state index < -0.39 is 30.1 Å². The van der Waals surface area contributed by atoms with Gasteiger partial charge >= 0.3 is 0 Å². The third kappa shape index (κ3) is 3.69. The molecule has 0 aliphatic carbocycles. The van der Waals surface area contributed by atoms with Gasteiger partial charge in [0.05, 0.1) is 12.6 Å². The summed E-state index contributed by atoms with van der Waals surface area (Å²) in [5.41, 5.74) is 0.0457. The van der Waals surface area contributed by atoms with Gasteiger partial charge < -0.3 is 9.47 Å². The number of ether oxygens (including phenoxy) is 2. The van der Waals surface area contributed by atoms with Crippen LogP contribution in [0.25, 0.3) is 0 Å². The summed E-state index contributed by atoms with van der Waals surface area (Å²) in [6.45, 7) is 0. The second-order valence-electron chi connectivity index (χ2n) is 3.26. The molecule has 0 aliphatic rings. The van der Waals surface area contributed by atoms with Crippen LogP contribution in [0.1, 0.15) is 16.8 Å². The fourth-order valence-electron chi connectivity index (χ4n) is 1.27. The monoisotopic (exact) mass is 241 g/mol. The Bertz CT molecular complexity index is 418. The molecule has 0 spiro atoms. The third-order valence-corrected chi connectivity index (χ3v) is 2.05. The zero-order valence-electron chi connectivity index (χ0n) is 9.47. The number of methoxy groups -OCH3 is 2. The molecule has 1 aromatic heterocycles. The zero-order chi connectivity index (χ0) is 12.8. The van der Waals surface area contributed by atoms with E-state index in [2.05, 4.69) is 4.98 Å². The number of carbonyl (C=O) groups excluding carboxylic acids is 2. The molecule has 0 aromatic carbocycles. The van der Waals surface area contributed by atoms with Crippen LogP contribution >= 0.6 is 0 Å². The van der Waals surface area contributed by atoms with Crippen LogP contribution in [0.2, 0.25) is 0 Å². The van der Waals surface area contributed by atoms with E-state index in [-0.39, 0.29) is 5.56 Å². The second kappa shape index (κ2) is 6.17. The van der Waals surface area contributed by atoms with Crippen molar-refractivity contribution in [2.45, 2.75) is 12.7 Å². The fraction of sp³-hybridized carbons (Fsp3) is 0.364. The summed E-state index contributed by atoms with van der Waals surface area (Å²) in [6, 6.07) is 1.03. The van der Waals surface area contributed by atoms with E-state index in [4.69, 9.17) is 9.47 Å². The van der Waals surface area contributed by atoms with Crippen LogP contribution in [-0.2, 0) is 14.3 Å². The second-order valence-corrected chi connectivity index (χ2v) is 3.26. The molecule has 0 radical (unpaired) electrons. The quantitative estimate of drug-likeness (QED) is 0.422. The van der Waals surface area contributed by atoms with E-state index in [1.807, 2.05) is 0 Å². The van der Waals surface area contributed by atoms with Gasteiger partial charge in [0.2, 0.25) is 6.29 Å². The first kappa shape index (κ1) is 13.4. The molecule has 0 bridgehead atoms. The highest BCUT2D eigenvalue weighted by Gasteiger charge is 2.21. The molecule has 0 aliphatic heterocycles. The maximum atomic E-state index is 12.8. The number of Topliss-reactive ketones (excluding diaryl/α,β-unsaturated/α-hetero) is 2. The van der Waals surface area contributed by atoms with Gasteiger partial charge in [-0.25, -0.2) is 4.39 Å². The Morgan fingerprint density at radius 2 is 2.00 bits per heavy atom. The minimum Gasteiger partial charge on any atom is -0.349 e. The smallest absolute Gasteiger partial charge is 0.217 e. The lowest BCUT2D eigenvalue weighted by molar-refractivity contribution is -0.155. The normalized spacial score (nSPS) is 10.6. The molecule has 5 nitrogen and oxygen atoms in total. The van der Waals surface area contributed by atoms with E-state index in [0.29, 0.717) is 0 Å². The average molecular weight is 241 g/mol. The Morgan fingerprint density at radius 3 is 2.53 bits per heavy atom. The molecule has 1 heterocycles. The van der Waals surface area contributed by atoms with E-state index in [1.54, 1.807) is 0 Å². The molecule has 6 heteroatoms. The van der Waals surface area contributed by atoms with Crippen molar-refractivity contribution in [2.75, 3.05) is 14.2 Å². The first-order valence-corrected chi connectivity index (χ1v) is 4.80. The number of aromatic nitrogens is 1. The standard InChI is InChI=1S/C11H12FNO4/c1-16-11(17-2)10(15)4-9(14)7-3-8(12)6-13-5-7/h3,5-6,11H,4H2,1-2H3. The number of nitrogens with zero attached hydrogens (tertiary/aromatic N) is 1.